The molecule has 0 fully saturated rings. The first-order valence-electron chi connectivity index (χ1n) is 6.50. The van der Waals surface area contributed by atoms with Crippen molar-refractivity contribution in [2.45, 2.75) is 13.5 Å². The molecular weight excluding hydrogens is 257 g/mol. The van der Waals surface area contributed by atoms with Gasteiger partial charge in [0.15, 0.2) is 0 Å². The molecule has 0 unspecified atom stereocenters. The molecule has 0 heterocycles. The molecule has 0 saturated heterocycles. The quantitative estimate of drug-likeness (QED) is 0.824. The van der Waals surface area contributed by atoms with Crippen LogP contribution >= 0.6 is 0 Å². The van der Waals surface area contributed by atoms with Crippen molar-refractivity contribution >= 4 is 0 Å². The fourth-order valence-corrected chi connectivity index (χ4v) is 1.76. The van der Waals surface area contributed by atoms with Gasteiger partial charge in [-0.3, -0.25) is 0 Å². The smallest absolute Gasteiger partial charge is 0.126 e. The van der Waals surface area contributed by atoms with Crippen LogP contribution in [0.25, 0.3) is 0 Å². The molecule has 3 nitrogen and oxygen atoms in total. The van der Waals surface area contributed by atoms with Crippen LogP contribution in [-0.4, -0.2) is 13.2 Å². The van der Waals surface area contributed by atoms with Crippen molar-refractivity contribution in [2.75, 3.05) is 13.2 Å². The number of hydrogen-bond donors (Lipinski definition) is 1. The monoisotopic (exact) mass is 275 g/mol. The van der Waals surface area contributed by atoms with Gasteiger partial charge in [0, 0.05) is 12.6 Å². The highest BCUT2D eigenvalue weighted by atomic mass is 19.1. The molecule has 4 heteroatoms. The summed E-state index contributed by atoms with van der Waals surface area (Å²) in [5.74, 6) is 1.01. The summed E-state index contributed by atoms with van der Waals surface area (Å²) in [6.45, 7) is 3.16. The normalized spacial score (nSPS) is 10.3. The molecule has 2 rings (SSSR count). The number of benzene rings is 2. The van der Waals surface area contributed by atoms with Gasteiger partial charge in [-0.15, -0.1) is 0 Å². The summed E-state index contributed by atoms with van der Waals surface area (Å²) < 4.78 is 24.1. The van der Waals surface area contributed by atoms with E-state index < -0.39 is 0 Å². The van der Waals surface area contributed by atoms with Gasteiger partial charge in [-0.25, -0.2) is 4.39 Å². The Morgan fingerprint density at radius 3 is 2.40 bits per heavy atom. The van der Waals surface area contributed by atoms with Gasteiger partial charge in [-0.1, -0.05) is 18.2 Å². The number of ether oxygens (including phenoxy) is 2. The fourth-order valence-electron chi connectivity index (χ4n) is 1.76. The Morgan fingerprint density at radius 2 is 1.70 bits per heavy atom. The molecule has 0 aliphatic heterocycles. The summed E-state index contributed by atoms with van der Waals surface area (Å²) >= 11 is 0. The average Bonchev–Trinajstić information content (AvgIpc) is 2.47. The molecular formula is C16H18FNO2. The second-order valence-corrected chi connectivity index (χ2v) is 4.45. The van der Waals surface area contributed by atoms with E-state index in [-0.39, 0.29) is 5.82 Å². The minimum absolute atomic E-state index is 0.302. The van der Waals surface area contributed by atoms with Gasteiger partial charge in [0.25, 0.3) is 0 Å². The van der Waals surface area contributed by atoms with Crippen molar-refractivity contribution in [2.24, 2.45) is 5.73 Å². The number of hydrogen-bond acceptors (Lipinski definition) is 3. The third-order valence-corrected chi connectivity index (χ3v) is 2.92. The Hall–Kier alpha value is -2.07. The van der Waals surface area contributed by atoms with Crippen molar-refractivity contribution < 1.29 is 13.9 Å². The van der Waals surface area contributed by atoms with E-state index in [9.17, 15) is 4.39 Å². The van der Waals surface area contributed by atoms with Crippen molar-refractivity contribution in [1.82, 2.24) is 0 Å². The van der Waals surface area contributed by atoms with Crippen molar-refractivity contribution in [3.8, 4) is 11.5 Å². The van der Waals surface area contributed by atoms with Crippen LogP contribution in [-0.2, 0) is 6.54 Å². The third-order valence-electron chi connectivity index (χ3n) is 2.92. The van der Waals surface area contributed by atoms with E-state index >= 15 is 0 Å². The Labute approximate surface area is 118 Å². The lowest BCUT2D eigenvalue weighted by molar-refractivity contribution is 0.216. The molecule has 0 bridgehead atoms. The first-order valence-corrected chi connectivity index (χ1v) is 6.50. The molecule has 2 aromatic rings. The molecule has 0 amide bonds. The first kappa shape index (κ1) is 14.3. The van der Waals surface area contributed by atoms with Gasteiger partial charge in [0.2, 0.25) is 0 Å². The minimum atomic E-state index is -0.302. The highest BCUT2D eigenvalue weighted by Gasteiger charge is 2.01. The van der Waals surface area contributed by atoms with Crippen LogP contribution < -0.4 is 15.2 Å². The molecule has 0 spiro atoms. The largest absolute Gasteiger partial charge is 0.490 e. The first-order chi connectivity index (χ1) is 9.69. The summed E-state index contributed by atoms with van der Waals surface area (Å²) in [5, 5.41) is 0. The molecule has 0 saturated carbocycles. The van der Waals surface area contributed by atoms with Crippen LogP contribution in [0.5, 0.6) is 11.5 Å². The van der Waals surface area contributed by atoms with Crippen LogP contribution in [0.4, 0.5) is 4.39 Å². The van der Waals surface area contributed by atoms with Crippen LogP contribution in [0.3, 0.4) is 0 Å². The van der Waals surface area contributed by atoms with E-state index in [1.165, 1.54) is 12.1 Å². The van der Waals surface area contributed by atoms with Gasteiger partial charge < -0.3 is 15.2 Å². The van der Waals surface area contributed by atoms with Crippen molar-refractivity contribution in [3.05, 3.63) is 59.4 Å². The van der Waals surface area contributed by atoms with Crippen LogP contribution in [0.15, 0.2) is 42.5 Å². The summed E-state index contributed by atoms with van der Waals surface area (Å²) in [4.78, 5) is 0. The second-order valence-electron chi connectivity index (χ2n) is 4.45. The zero-order valence-electron chi connectivity index (χ0n) is 11.4. The molecule has 0 radical (unpaired) electrons. The molecule has 20 heavy (non-hydrogen) atoms. The number of rotatable bonds is 6. The molecule has 0 aliphatic carbocycles. The van der Waals surface area contributed by atoms with Crippen molar-refractivity contribution in [1.29, 1.82) is 0 Å². The van der Waals surface area contributed by atoms with E-state index in [0.29, 0.717) is 25.5 Å². The number of halogens is 1. The zero-order valence-corrected chi connectivity index (χ0v) is 11.4. The van der Waals surface area contributed by atoms with Crippen molar-refractivity contribution in [3.63, 3.8) is 0 Å². The third kappa shape index (κ3) is 3.96. The average molecular weight is 275 g/mol. The van der Waals surface area contributed by atoms with Gasteiger partial charge in [0.05, 0.1) is 0 Å². The second kappa shape index (κ2) is 6.91. The lowest BCUT2D eigenvalue weighted by Gasteiger charge is -2.10. The standard InChI is InChI=1S/C16H18FNO2/c1-12-2-5-14(17)10-16(12)20-9-8-19-15-6-3-13(11-18)4-7-15/h2-7,10H,8-9,11,18H2,1H3. The van der Waals surface area contributed by atoms with Gasteiger partial charge in [-0.2, -0.15) is 0 Å². The highest BCUT2D eigenvalue weighted by molar-refractivity contribution is 5.32. The van der Waals surface area contributed by atoms with E-state index in [4.69, 9.17) is 15.2 Å². The van der Waals surface area contributed by atoms with Gasteiger partial charge in [0.1, 0.15) is 30.5 Å². The molecule has 2 aromatic carbocycles. The Kier molecular flexibility index (Phi) is 4.96. The van der Waals surface area contributed by atoms with Gasteiger partial charge in [-0.05, 0) is 36.2 Å². The Balaban J connectivity index is 1.79. The maximum Gasteiger partial charge on any atom is 0.126 e. The summed E-state index contributed by atoms with van der Waals surface area (Å²) in [5.41, 5.74) is 7.48. The molecule has 0 aromatic heterocycles. The summed E-state index contributed by atoms with van der Waals surface area (Å²) in [6.07, 6.45) is 0. The highest BCUT2D eigenvalue weighted by Crippen LogP contribution is 2.18. The van der Waals surface area contributed by atoms with Crippen LogP contribution in [0.1, 0.15) is 11.1 Å². The molecule has 0 atom stereocenters. The summed E-state index contributed by atoms with van der Waals surface area (Å²) in [6, 6.07) is 12.1. The maximum absolute atomic E-state index is 13.1. The Bertz CT molecular complexity index is 555. The van der Waals surface area contributed by atoms with E-state index in [2.05, 4.69) is 0 Å². The lowest BCUT2D eigenvalue weighted by atomic mass is 10.2. The van der Waals surface area contributed by atoms with Crippen LogP contribution in [0, 0.1) is 12.7 Å². The minimum Gasteiger partial charge on any atom is -0.490 e. The van der Waals surface area contributed by atoms with E-state index in [1.807, 2.05) is 31.2 Å². The molecule has 106 valence electrons. The van der Waals surface area contributed by atoms with E-state index in [0.717, 1.165) is 16.9 Å². The number of nitrogens with two attached hydrogens (primary N) is 1. The molecule has 2 N–H and O–H groups in total. The van der Waals surface area contributed by atoms with Gasteiger partial charge >= 0.3 is 0 Å². The predicted octanol–water partition coefficient (Wildman–Crippen LogP) is 3.05. The van der Waals surface area contributed by atoms with Crippen LogP contribution in [0.2, 0.25) is 0 Å². The lowest BCUT2D eigenvalue weighted by Crippen LogP contribution is -2.09. The maximum atomic E-state index is 13.1. The summed E-state index contributed by atoms with van der Waals surface area (Å²) in [7, 11) is 0. The Morgan fingerprint density at radius 1 is 1.00 bits per heavy atom. The SMILES string of the molecule is Cc1ccc(F)cc1OCCOc1ccc(CN)cc1. The topological polar surface area (TPSA) is 44.5 Å². The molecule has 0 aliphatic rings. The number of aryl methyl sites for hydroxylation is 1. The zero-order chi connectivity index (χ0) is 14.4. The van der Waals surface area contributed by atoms with E-state index in [1.54, 1.807) is 6.07 Å². The fraction of sp³-hybridized carbons (Fsp3) is 0.250. The predicted molar refractivity (Wildman–Crippen MR) is 76.5 cm³/mol.